The number of amides is 1. The quantitative estimate of drug-likeness (QED) is 0.554. The first-order valence-electron chi connectivity index (χ1n) is 8.23. The molecule has 0 heterocycles. The number of nitrogens with one attached hydrogen (secondary N) is 1. The van der Waals surface area contributed by atoms with E-state index in [-0.39, 0.29) is 5.91 Å². The number of carbonyl (C=O) groups excluding carboxylic acids is 2. The van der Waals surface area contributed by atoms with Crippen LogP contribution in [0.3, 0.4) is 0 Å². The molecule has 0 aliphatic carbocycles. The van der Waals surface area contributed by atoms with E-state index in [0.717, 1.165) is 18.1 Å². The smallest absolute Gasteiger partial charge is 0.252 e. The van der Waals surface area contributed by atoms with Crippen LogP contribution in [0, 0.1) is 0 Å². The molecule has 0 saturated carbocycles. The van der Waals surface area contributed by atoms with E-state index in [0.29, 0.717) is 24.0 Å². The molecule has 0 fully saturated rings. The first-order valence-corrected chi connectivity index (χ1v) is 9.38. The fraction of sp³-hybridized carbons (Fsp3) is 0.300. The molecule has 2 aromatic rings. The van der Waals surface area contributed by atoms with Crippen molar-refractivity contribution in [3.63, 3.8) is 0 Å². The number of thioether (sulfide) groups is 1. The molecule has 0 spiro atoms. The molecule has 0 aromatic heterocycles. The van der Waals surface area contributed by atoms with Crippen molar-refractivity contribution in [3.05, 3.63) is 70.8 Å². The molecule has 2 aromatic carbocycles. The molecule has 0 bridgehead atoms. The number of rotatable bonds is 9. The number of nitrogens with zero attached hydrogens (tertiary/aromatic N) is 1. The molecule has 1 amide bonds. The van der Waals surface area contributed by atoms with Crippen LogP contribution >= 0.6 is 11.8 Å². The van der Waals surface area contributed by atoms with Crippen LogP contribution in [0.5, 0.6) is 0 Å². The van der Waals surface area contributed by atoms with Crippen LogP contribution in [0.4, 0.5) is 0 Å². The second kappa shape index (κ2) is 10.0. The fourth-order valence-electron chi connectivity index (χ4n) is 2.51. The molecule has 0 aliphatic heterocycles. The topological polar surface area (TPSA) is 49.4 Å². The SMILES string of the molecule is CN(C)Cc1cccc(CSCCNC(=O)c2ccccc2C=O)c1. The Labute approximate surface area is 153 Å². The Kier molecular flexibility index (Phi) is 7.70. The standard InChI is InChI=1S/C20H24N2O2S/c1-22(2)13-16-6-5-7-17(12-16)15-25-11-10-21-20(24)19-9-4-3-8-18(19)14-23/h3-9,12,14H,10-11,13,15H2,1-2H3,(H,21,24). The maximum atomic E-state index is 12.1. The zero-order valence-corrected chi connectivity index (χ0v) is 15.5. The minimum absolute atomic E-state index is 0.198. The third kappa shape index (κ3) is 6.36. The summed E-state index contributed by atoms with van der Waals surface area (Å²) in [6, 6.07) is 15.4. The maximum absolute atomic E-state index is 12.1. The Balaban J connectivity index is 1.74. The Hall–Kier alpha value is -2.11. The lowest BCUT2D eigenvalue weighted by Gasteiger charge is -2.11. The summed E-state index contributed by atoms with van der Waals surface area (Å²) in [6.45, 7) is 1.51. The second-order valence-electron chi connectivity index (χ2n) is 6.07. The predicted molar refractivity (Wildman–Crippen MR) is 104 cm³/mol. The average Bonchev–Trinajstić information content (AvgIpc) is 2.61. The van der Waals surface area contributed by atoms with Gasteiger partial charge < -0.3 is 10.2 Å². The summed E-state index contributed by atoms with van der Waals surface area (Å²) in [6.07, 6.45) is 0.713. The lowest BCUT2D eigenvalue weighted by molar-refractivity contribution is 0.0950. The Morgan fingerprint density at radius 1 is 1.12 bits per heavy atom. The molecule has 0 aliphatic rings. The van der Waals surface area contributed by atoms with Crippen molar-refractivity contribution >= 4 is 24.0 Å². The van der Waals surface area contributed by atoms with Gasteiger partial charge >= 0.3 is 0 Å². The van der Waals surface area contributed by atoms with E-state index in [2.05, 4.69) is 48.6 Å². The van der Waals surface area contributed by atoms with Gasteiger partial charge in [0.25, 0.3) is 5.91 Å². The Bertz CT molecular complexity index is 716. The summed E-state index contributed by atoms with van der Waals surface area (Å²) in [5, 5.41) is 2.87. The summed E-state index contributed by atoms with van der Waals surface area (Å²) >= 11 is 1.78. The molecule has 0 saturated heterocycles. The van der Waals surface area contributed by atoms with Gasteiger partial charge in [0.2, 0.25) is 0 Å². The van der Waals surface area contributed by atoms with Gasteiger partial charge in [-0.05, 0) is 31.3 Å². The molecule has 5 heteroatoms. The van der Waals surface area contributed by atoms with Crippen LogP contribution in [-0.2, 0) is 12.3 Å². The van der Waals surface area contributed by atoms with E-state index in [1.807, 2.05) is 0 Å². The number of benzene rings is 2. The third-order valence-corrected chi connectivity index (χ3v) is 4.65. The van der Waals surface area contributed by atoms with Gasteiger partial charge in [-0.25, -0.2) is 0 Å². The van der Waals surface area contributed by atoms with Crippen molar-refractivity contribution in [2.45, 2.75) is 12.3 Å². The zero-order valence-electron chi connectivity index (χ0n) is 14.7. The molecular formula is C20H24N2O2S. The van der Waals surface area contributed by atoms with Gasteiger partial charge in [0.05, 0.1) is 0 Å². The molecule has 0 unspecified atom stereocenters. The minimum atomic E-state index is -0.198. The van der Waals surface area contributed by atoms with Crippen molar-refractivity contribution in [3.8, 4) is 0 Å². The van der Waals surface area contributed by atoms with Crippen molar-refractivity contribution in [1.82, 2.24) is 10.2 Å². The third-order valence-electron chi connectivity index (χ3n) is 3.62. The van der Waals surface area contributed by atoms with E-state index in [1.165, 1.54) is 11.1 Å². The number of aldehydes is 1. The van der Waals surface area contributed by atoms with E-state index in [9.17, 15) is 9.59 Å². The van der Waals surface area contributed by atoms with E-state index in [4.69, 9.17) is 0 Å². The average molecular weight is 356 g/mol. The lowest BCUT2D eigenvalue weighted by atomic mass is 10.1. The summed E-state index contributed by atoms with van der Waals surface area (Å²) in [7, 11) is 4.12. The molecule has 4 nitrogen and oxygen atoms in total. The fourth-order valence-corrected chi connectivity index (χ4v) is 3.32. The first-order chi connectivity index (χ1) is 12.1. The van der Waals surface area contributed by atoms with Crippen molar-refractivity contribution < 1.29 is 9.59 Å². The number of hydrogen-bond donors (Lipinski definition) is 1. The van der Waals surface area contributed by atoms with Crippen LogP contribution in [0.2, 0.25) is 0 Å². The van der Waals surface area contributed by atoms with Crippen LogP contribution < -0.4 is 5.32 Å². The highest BCUT2D eigenvalue weighted by atomic mass is 32.2. The highest BCUT2D eigenvalue weighted by Crippen LogP contribution is 2.14. The lowest BCUT2D eigenvalue weighted by Crippen LogP contribution is -2.26. The van der Waals surface area contributed by atoms with Crippen molar-refractivity contribution in [2.75, 3.05) is 26.4 Å². The molecular weight excluding hydrogens is 332 g/mol. The van der Waals surface area contributed by atoms with Crippen LogP contribution in [-0.4, -0.2) is 43.5 Å². The largest absolute Gasteiger partial charge is 0.351 e. The van der Waals surface area contributed by atoms with Crippen LogP contribution in [0.15, 0.2) is 48.5 Å². The van der Waals surface area contributed by atoms with Crippen molar-refractivity contribution in [1.29, 1.82) is 0 Å². The normalized spacial score (nSPS) is 10.7. The van der Waals surface area contributed by atoms with Gasteiger partial charge in [0, 0.05) is 35.7 Å². The molecule has 25 heavy (non-hydrogen) atoms. The van der Waals surface area contributed by atoms with E-state index < -0.39 is 0 Å². The van der Waals surface area contributed by atoms with Gasteiger partial charge in [-0.15, -0.1) is 0 Å². The monoisotopic (exact) mass is 356 g/mol. The predicted octanol–water partition coefficient (Wildman–Crippen LogP) is 3.22. The second-order valence-corrected chi connectivity index (χ2v) is 7.18. The Morgan fingerprint density at radius 2 is 1.88 bits per heavy atom. The molecule has 0 atom stereocenters. The molecule has 132 valence electrons. The van der Waals surface area contributed by atoms with Crippen LogP contribution in [0.1, 0.15) is 31.8 Å². The van der Waals surface area contributed by atoms with Gasteiger partial charge in [-0.2, -0.15) is 11.8 Å². The van der Waals surface area contributed by atoms with Gasteiger partial charge in [-0.1, -0.05) is 42.5 Å². The summed E-state index contributed by atoms with van der Waals surface area (Å²) in [4.78, 5) is 25.2. The van der Waals surface area contributed by atoms with E-state index in [1.54, 1.807) is 36.0 Å². The minimum Gasteiger partial charge on any atom is -0.351 e. The van der Waals surface area contributed by atoms with Gasteiger partial charge in [-0.3, -0.25) is 9.59 Å². The van der Waals surface area contributed by atoms with Crippen LogP contribution in [0.25, 0.3) is 0 Å². The number of hydrogen-bond acceptors (Lipinski definition) is 4. The molecule has 2 rings (SSSR count). The summed E-state index contributed by atoms with van der Waals surface area (Å²) in [5.41, 5.74) is 3.45. The van der Waals surface area contributed by atoms with Gasteiger partial charge in [0.1, 0.15) is 0 Å². The Morgan fingerprint density at radius 3 is 2.64 bits per heavy atom. The highest BCUT2D eigenvalue weighted by molar-refractivity contribution is 7.98. The summed E-state index contributed by atoms with van der Waals surface area (Å²) in [5.74, 6) is 1.55. The zero-order chi connectivity index (χ0) is 18.1. The molecule has 1 N–H and O–H groups in total. The first kappa shape index (κ1) is 19.2. The van der Waals surface area contributed by atoms with Gasteiger partial charge in [0.15, 0.2) is 6.29 Å². The van der Waals surface area contributed by atoms with E-state index >= 15 is 0 Å². The highest BCUT2D eigenvalue weighted by Gasteiger charge is 2.09. The molecule has 0 radical (unpaired) electrons. The summed E-state index contributed by atoms with van der Waals surface area (Å²) < 4.78 is 0. The number of carbonyl (C=O) groups is 2. The van der Waals surface area contributed by atoms with Crippen molar-refractivity contribution in [2.24, 2.45) is 0 Å². The maximum Gasteiger partial charge on any atom is 0.252 e.